The van der Waals surface area contributed by atoms with Crippen LogP contribution in [-0.4, -0.2) is 39.2 Å². The largest absolute Gasteiger partial charge is 0.461 e. The number of nitrogens with one attached hydrogen (secondary N) is 2. The normalized spacial score (nSPS) is 10.6. The number of nitrogens with zero attached hydrogens (tertiary/aromatic N) is 2. The Hall–Kier alpha value is -3.16. The van der Waals surface area contributed by atoms with Crippen LogP contribution in [0.4, 0.5) is 0 Å². The summed E-state index contributed by atoms with van der Waals surface area (Å²) in [5, 5.41) is 6.63. The molecule has 2 N–H and O–H groups in total. The predicted molar refractivity (Wildman–Crippen MR) is 76.3 cm³/mol. The highest BCUT2D eigenvalue weighted by Gasteiger charge is 2.15. The van der Waals surface area contributed by atoms with E-state index in [0.29, 0.717) is 34.8 Å². The maximum absolute atomic E-state index is 11.6. The number of carbonyl (C=O) groups excluding carboxylic acids is 2. The Labute approximate surface area is 124 Å². The molecule has 0 radical (unpaired) electrons. The molecule has 0 bridgehead atoms. The van der Waals surface area contributed by atoms with Gasteiger partial charge >= 0.3 is 5.97 Å². The molecule has 1 aromatic carbocycles. The summed E-state index contributed by atoms with van der Waals surface area (Å²) in [6, 6.07) is 6.70. The van der Waals surface area contributed by atoms with E-state index in [9.17, 15) is 9.59 Å². The summed E-state index contributed by atoms with van der Waals surface area (Å²) in [7, 11) is 0. The first kappa shape index (κ1) is 13.8. The number of rotatable bonds is 5. The van der Waals surface area contributed by atoms with E-state index >= 15 is 0 Å². The van der Waals surface area contributed by atoms with Crippen LogP contribution in [0.3, 0.4) is 0 Å². The van der Waals surface area contributed by atoms with Crippen LogP contribution >= 0.6 is 0 Å². The summed E-state index contributed by atoms with van der Waals surface area (Å²) >= 11 is 0. The van der Waals surface area contributed by atoms with Gasteiger partial charge in [-0.3, -0.25) is 9.89 Å². The first-order valence-electron chi connectivity index (χ1n) is 6.55. The van der Waals surface area contributed by atoms with E-state index in [2.05, 4.69) is 20.2 Å². The van der Waals surface area contributed by atoms with Crippen LogP contribution in [0.25, 0.3) is 22.6 Å². The van der Waals surface area contributed by atoms with Crippen molar-refractivity contribution in [3.05, 3.63) is 30.0 Å². The lowest BCUT2D eigenvalue weighted by molar-refractivity contribution is -0.120. The van der Waals surface area contributed by atoms with E-state index in [1.807, 2.05) is 0 Å². The second-order valence-corrected chi connectivity index (χ2v) is 4.34. The van der Waals surface area contributed by atoms with Crippen molar-refractivity contribution < 1.29 is 19.1 Å². The molecule has 0 aliphatic carbocycles. The number of aromatic amines is 2. The third-order valence-electron chi connectivity index (χ3n) is 2.97. The lowest BCUT2D eigenvalue weighted by atomic mass is 10.3. The van der Waals surface area contributed by atoms with Crippen molar-refractivity contribution in [2.75, 3.05) is 6.61 Å². The Bertz CT molecular complexity index is 836. The summed E-state index contributed by atoms with van der Waals surface area (Å²) in [6.07, 6.45) is 0. The molecule has 3 aromatic rings. The fourth-order valence-corrected chi connectivity index (χ4v) is 2.03. The highest BCUT2D eigenvalue weighted by Crippen LogP contribution is 2.26. The molecule has 0 fully saturated rings. The zero-order chi connectivity index (χ0) is 15.5. The highest BCUT2D eigenvalue weighted by atomic mass is 16.5. The molecule has 0 atom stereocenters. The molecular formula is C14H12N4O4. The molecule has 2 heterocycles. The smallest absolute Gasteiger partial charge is 0.356 e. The van der Waals surface area contributed by atoms with Crippen molar-refractivity contribution in [1.29, 1.82) is 0 Å². The van der Waals surface area contributed by atoms with E-state index in [1.165, 1.54) is 6.07 Å². The van der Waals surface area contributed by atoms with Crippen LogP contribution in [0.2, 0.25) is 0 Å². The molecule has 0 saturated carbocycles. The van der Waals surface area contributed by atoms with E-state index < -0.39 is 5.97 Å². The topological polar surface area (TPSA) is 110 Å². The quantitative estimate of drug-likeness (QED) is 0.548. The number of hydrogen-bond donors (Lipinski definition) is 2. The van der Waals surface area contributed by atoms with Gasteiger partial charge in [0.1, 0.15) is 16.9 Å². The molecule has 0 amide bonds. The number of aromatic nitrogens is 4. The Balaban J connectivity index is 1.98. The Morgan fingerprint density at radius 3 is 3.05 bits per heavy atom. The van der Waals surface area contributed by atoms with Gasteiger partial charge in [-0.2, -0.15) is 5.10 Å². The minimum absolute atomic E-state index is 0.238. The number of imidazole rings is 1. The molecule has 3 rings (SSSR count). The van der Waals surface area contributed by atoms with E-state index in [1.54, 1.807) is 25.1 Å². The molecule has 0 saturated heterocycles. The fourth-order valence-electron chi connectivity index (χ4n) is 2.03. The third-order valence-corrected chi connectivity index (χ3v) is 2.97. The summed E-state index contributed by atoms with van der Waals surface area (Å²) in [5.41, 5.74) is 1.89. The van der Waals surface area contributed by atoms with Crippen LogP contribution in [0.1, 0.15) is 17.4 Å². The average Bonchev–Trinajstić information content (AvgIpc) is 3.15. The second-order valence-electron chi connectivity index (χ2n) is 4.34. The van der Waals surface area contributed by atoms with Crippen molar-refractivity contribution in [3.8, 4) is 17.3 Å². The number of benzene rings is 1. The number of para-hydroxylation sites is 1. The van der Waals surface area contributed by atoms with Gasteiger partial charge in [0, 0.05) is 6.07 Å². The Morgan fingerprint density at radius 1 is 1.41 bits per heavy atom. The van der Waals surface area contributed by atoms with Crippen LogP contribution < -0.4 is 4.74 Å². The molecule has 0 aliphatic heterocycles. The minimum atomic E-state index is -0.484. The molecule has 22 heavy (non-hydrogen) atoms. The van der Waals surface area contributed by atoms with Crippen molar-refractivity contribution >= 4 is 23.5 Å². The molecule has 0 spiro atoms. The molecule has 0 unspecified atom stereocenters. The van der Waals surface area contributed by atoms with Gasteiger partial charge in [0.05, 0.1) is 12.1 Å². The first-order valence-corrected chi connectivity index (χ1v) is 6.55. The SMILES string of the molecule is CCOC(=O)c1cc(-c2nc3c(OC=O)cccc3[nH]2)n[nH]1. The third kappa shape index (κ3) is 2.41. The van der Waals surface area contributed by atoms with Gasteiger partial charge in [0.2, 0.25) is 0 Å². The number of carbonyl (C=O) groups is 2. The van der Waals surface area contributed by atoms with Crippen molar-refractivity contribution in [2.24, 2.45) is 0 Å². The summed E-state index contributed by atoms with van der Waals surface area (Å²) in [5.74, 6) is 0.308. The van der Waals surface area contributed by atoms with Gasteiger partial charge in [-0.15, -0.1) is 0 Å². The van der Waals surface area contributed by atoms with Gasteiger partial charge in [-0.05, 0) is 19.1 Å². The first-order chi connectivity index (χ1) is 10.7. The van der Waals surface area contributed by atoms with Gasteiger partial charge in [-0.25, -0.2) is 9.78 Å². The maximum atomic E-state index is 11.6. The van der Waals surface area contributed by atoms with Gasteiger partial charge in [0.25, 0.3) is 6.47 Å². The lowest BCUT2D eigenvalue weighted by Crippen LogP contribution is -2.04. The number of hydrogen-bond acceptors (Lipinski definition) is 6. The van der Waals surface area contributed by atoms with Crippen molar-refractivity contribution in [1.82, 2.24) is 20.2 Å². The summed E-state index contributed by atoms with van der Waals surface area (Å²) in [6.45, 7) is 2.35. The number of ether oxygens (including phenoxy) is 2. The molecule has 2 aromatic heterocycles. The predicted octanol–water partition coefficient (Wildman–Crippen LogP) is 1.66. The molecule has 8 nitrogen and oxygen atoms in total. The molecule has 8 heteroatoms. The molecule has 0 aliphatic rings. The Morgan fingerprint density at radius 2 is 2.27 bits per heavy atom. The van der Waals surface area contributed by atoms with Gasteiger partial charge in [0.15, 0.2) is 11.6 Å². The van der Waals surface area contributed by atoms with Crippen LogP contribution in [0.15, 0.2) is 24.3 Å². The minimum Gasteiger partial charge on any atom is -0.461 e. The van der Waals surface area contributed by atoms with E-state index in [-0.39, 0.29) is 12.3 Å². The number of H-pyrrole nitrogens is 2. The summed E-state index contributed by atoms with van der Waals surface area (Å²) < 4.78 is 9.77. The zero-order valence-corrected chi connectivity index (χ0v) is 11.6. The van der Waals surface area contributed by atoms with Gasteiger partial charge in [-0.1, -0.05) is 6.07 Å². The van der Waals surface area contributed by atoms with Gasteiger partial charge < -0.3 is 14.5 Å². The lowest BCUT2D eigenvalue weighted by Gasteiger charge is -1.96. The van der Waals surface area contributed by atoms with E-state index in [4.69, 9.17) is 9.47 Å². The van der Waals surface area contributed by atoms with Crippen molar-refractivity contribution in [2.45, 2.75) is 6.92 Å². The second kappa shape index (κ2) is 5.68. The number of esters is 1. The average molecular weight is 300 g/mol. The summed E-state index contributed by atoms with van der Waals surface area (Å²) in [4.78, 5) is 29.5. The van der Waals surface area contributed by atoms with Crippen LogP contribution in [-0.2, 0) is 9.53 Å². The fraction of sp³-hybridized carbons (Fsp3) is 0.143. The highest BCUT2D eigenvalue weighted by molar-refractivity contribution is 5.89. The molecule has 112 valence electrons. The Kier molecular flexibility index (Phi) is 3.57. The molecular weight excluding hydrogens is 288 g/mol. The van der Waals surface area contributed by atoms with Crippen LogP contribution in [0.5, 0.6) is 5.75 Å². The van der Waals surface area contributed by atoms with E-state index in [0.717, 1.165) is 0 Å². The maximum Gasteiger partial charge on any atom is 0.356 e. The monoisotopic (exact) mass is 300 g/mol. The van der Waals surface area contributed by atoms with Crippen molar-refractivity contribution in [3.63, 3.8) is 0 Å². The van der Waals surface area contributed by atoms with Crippen LogP contribution in [0, 0.1) is 0 Å². The number of fused-ring (bicyclic) bond motifs is 1. The zero-order valence-electron chi connectivity index (χ0n) is 11.6. The standard InChI is InChI=1S/C14H12N4O4/c1-2-21-14(20)10-6-9(17-18-10)13-15-8-4-3-5-11(22-7-19)12(8)16-13/h3-7H,2H2,1H3,(H,15,16)(H,17,18).